The maximum absolute atomic E-state index is 4.30. The molecule has 1 aliphatic heterocycles. The fourth-order valence-corrected chi connectivity index (χ4v) is 2.71. The number of rotatable bonds is 6. The molecule has 0 amide bonds. The largest absolute Gasteiger partial charge is 0.354 e. The molecule has 0 radical (unpaired) electrons. The Hall–Kier alpha value is -0.900. The Kier molecular flexibility index (Phi) is 9.46. The van der Waals surface area contributed by atoms with Gasteiger partial charge in [-0.15, -0.1) is 24.0 Å². The number of unbranched alkanes of at least 4 members (excludes halogenated alkanes) is 1. The second-order valence-electron chi connectivity index (χ2n) is 5.84. The molecule has 132 valence electrons. The normalized spacial score (nSPS) is 16.9. The summed E-state index contributed by atoms with van der Waals surface area (Å²) in [5, 5.41) is 10.9. The minimum absolute atomic E-state index is 0. The van der Waals surface area contributed by atoms with Crippen LogP contribution in [-0.4, -0.2) is 58.3 Å². The molecule has 1 aliphatic rings. The zero-order valence-corrected chi connectivity index (χ0v) is 16.8. The summed E-state index contributed by atoms with van der Waals surface area (Å²) >= 11 is 0. The monoisotopic (exact) mass is 435 g/mol. The maximum atomic E-state index is 4.30. The van der Waals surface area contributed by atoms with Crippen molar-refractivity contribution in [2.75, 3.05) is 26.7 Å². The molecular formula is C15H30IN7. The van der Waals surface area contributed by atoms with Crippen LogP contribution in [0, 0.1) is 0 Å². The van der Waals surface area contributed by atoms with Gasteiger partial charge in [0.05, 0.1) is 6.54 Å². The number of likely N-dealkylation sites (tertiary alicyclic amines) is 1. The van der Waals surface area contributed by atoms with E-state index in [-0.39, 0.29) is 24.0 Å². The van der Waals surface area contributed by atoms with E-state index < -0.39 is 0 Å². The number of piperidine rings is 1. The SMILES string of the molecule is CCCCN1CCC(NC(=NC)NCc2ncnn2C)CC1.I. The van der Waals surface area contributed by atoms with E-state index in [1.54, 1.807) is 11.0 Å². The van der Waals surface area contributed by atoms with Crippen LogP contribution in [0.5, 0.6) is 0 Å². The number of aliphatic imine (C=N–C) groups is 1. The minimum Gasteiger partial charge on any atom is -0.354 e. The van der Waals surface area contributed by atoms with Crippen molar-refractivity contribution in [2.24, 2.45) is 12.0 Å². The van der Waals surface area contributed by atoms with Gasteiger partial charge in [-0.05, 0) is 25.8 Å². The van der Waals surface area contributed by atoms with Crippen LogP contribution in [0.2, 0.25) is 0 Å². The smallest absolute Gasteiger partial charge is 0.191 e. The zero-order chi connectivity index (χ0) is 15.8. The molecule has 1 aromatic heterocycles. The summed E-state index contributed by atoms with van der Waals surface area (Å²) in [6.07, 6.45) is 6.50. The average Bonchev–Trinajstić information content (AvgIpc) is 2.95. The standard InChI is InChI=1S/C15H29N7.HI/c1-4-5-8-22-9-6-13(7-10-22)20-15(16-2)17-11-14-18-12-19-21(14)3;/h12-13H,4-11H2,1-3H3,(H2,16,17,20);1H. The lowest BCUT2D eigenvalue weighted by Gasteiger charge is -2.33. The molecule has 0 aliphatic carbocycles. The molecule has 8 heteroatoms. The molecule has 7 nitrogen and oxygen atoms in total. The van der Waals surface area contributed by atoms with Crippen molar-refractivity contribution in [3.63, 3.8) is 0 Å². The third kappa shape index (κ3) is 6.62. The molecule has 0 bridgehead atoms. The fourth-order valence-electron chi connectivity index (χ4n) is 2.71. The van der Waals surface area contributed by atoms with Crippen LogP contribution in [0.4, 0.5) is 0 Å². The Labute approximate surface area is 156 Å². The number of guanidine groups is 1. The number of nitrogens with zero attached hydrogens (tertiary/aromatic N) is 5. The predicted octanol–water partition coefficient (Wildman–Crippen LogP) is 1.36. The van der Waals surface area contributed by atoms with E-state index >= 15 is 0 Å². The van der Waals surface area contributed by atoms with Gasteiger partial charge >= 0.3 is 0 Å². The summed E-state index contributed by atoms with van der Waals surface area (Å²) in [5.74, 6) is 1.74. The number of aryl methyl sites for hydroxylation is 1. The van der Waals surface area contributed by atoms with E-state index in [1.807, 2.05) is 14.1 Å². The molecular weight excluding hydrogens is 405 g/mol. The number of hydrogen-bond acceptors (Lipinski definition) is 4. The predicted molar refractivity (Wildman–Crippen MR) is 104 cm³/mol. The second kappa shape index (κ2) is 10.8. The molecule has 0 unspecified atom stereocenters. The first-order chi connectivity index (χ1) is 10.7. The van der Waals surface area contributed by atoms with Crippen molar-refractivity contribution >= 4 is 29.9 Å². The first-order valence-electron chi connectivity index (χ1n) is 8.25. The molecule has 23 heavy (non-hydrogen) atoms. The summed E-state index contributed by atoms with van der Waals surface area (Å²) in [7, 11) is 3.70. The Morgan fingerprint density at radius 1 is 1.39 bits per heavy atom. The summed E-state index contributed by atoms with van der Waals surface area (Å²) in [4.78, 5) is 11.1. The van der Waals surface area contributed by atoms with Crippen molar-refractivity contribution in [1.82, 2.24) is 30.3 Å². The van der Waals surface area contributed by atoms with E-state index in [2.05, 4.69) is 37.5 Å². The quantitative estimate of drug-likeness (QED) is 0.401. The highest BCUT2D eigenvalue weighted by molar-refractivity contribution is 14.0. The Balaban J connectivity index is 0.00000264. The molecule has 0 aromatic carbocycles. The van der Waals surface area contributed by atoms with Crippen molar-refractivity contribution in [3.8, 4) is 0 Å². The number of hydrogen-bond donors (Lipinski definition) is 2. The lowest BCUT2D eigenvalue weighted by atomic mass is 10.0. The molecule has 0 spiro atoms. The van der Waals surface area contributed by atoms with Crippen LogP contribution in [0.15, 0.2) is 11.3 Å². The van der Waals surface area contributed by atoms with E-state index in [0.29, 0.717) is 12.6 Å². The van der Waals surface area contributed by atoms with Gasteiger partial charge in [-0.25, -0.2) is 4.98 Å². The van der Waals surface area contributed by atoms with Crippen molar-refractivity contribution in [2.45, 2.75) is 45.2 Å². The molecule has 2 N–H and O–H groups in total. The zero-order valence-electron chi connectivity index (χ0n) is 14.5. The lowest BCUT2D eigenvalue weighted by molar-refractivity contribution is 0.203. The fraction of sp³-hybridized carbons (Fsp3) is 0.800. The van der Waals surface area contributed by atoms with Gasteiger partial charge in [-0.1, -0.05) is 13.3 Å². The highest BCUT2D eigenvalue weighted by Gasteiger charge is 2.19. The van der Waals surface area contributed by atoms with E-state index in [1.165, 1.54) is 45.3 Å². The van der Waals surface area contributed by atoms with Gasteiger partial charge in [0.2, 0.25) is 0 Å². The molecule has 1 aromatic rings. The first kappa shape index (κ1) is 20.1. The van der Waals surface area contributed by atoms with Gasteiger partial charge in [-0.3, -0.25) is 9.67 Å². The van der Waals surface area contributed by atoms with Gasteiger partial charge in [-0.2, -0.15) is 5.10 Å². The minimum atomic E-state index is 0. The van der Waals surface area contributed by atoms with Gasteiger partial charge < -0.3 is 15.5 Å². The van der Waals surface area contributed by atoms with Crippen LogP contribution in [0.3, 0.4) is 0 Å². The van der Waals surface area contributed by atoms with Gasteiger partial charge in [0.25, 0.3) is 0 Å². The Bertz CT molecular complexity index is 466. The van der Waals surface area contributed by atoms with E-state index in [4.69, 9.17) is 0 Å². The first-order valence-corrected chi connectivity index (χ1v) is 8.25. The molecule has 0 atom stereocenters. The number of aromatic nitrogens is 3. The van der Waals surface area contributed by atoms with Crippen LogP contribution in [0.1, 0.15) is 38.4 Å². The molecule has 2 heterocycles. The Morgan fingerprint density at radius 2 is 2.13 bits per heavy atom. The maximum Gasteiger partial charge on any atom is 0.191 e. The second-order valence-corrected chi connectivity index (χ2v) is 5.84. The van der Waals surface area contributed by atoms with E-state index in [9.17, 15) is 0 Å². The van der Waals surface area contributed by atoms with E-state index in [0.717, 1.165) is 11.8 Å². The lowest BCUT2D eigenvalue weighted by Crippen LogP contribution is -2.48. The van der Waals surface area contributed by atoms with Gasteiger partial charge in [0, 0.05) is 33.2 Å². The summed E-state index contributed by atoms with van der Waals surface area (Å²) in [5.41, 5.74) is 0. The average molecular weight is 435 g/mol. The highest BCUT2D eigenvalue weighted by Crippen LogP contribution is 2.11. The van der Waals surface area contributed by atoms with Gasteiger partial charge in [0.1, 0.15) is 12.2 Å². The summed E-state index contributed by atoms with van der Waals surface area (Å²) in [6, 6.07) is 0.503. The number of halogens is 1. The third-order valence-electron chi connectivity index (χ3n) is 4.20. The van der Waals surface area contributed by atoms with Crippen LogP contribution < -0.4 is 10.6 Å². The molecule has 1 saturated heterocycles. The topological polar surface area (TPSA) is 70.4 Å². The molecule has 2 rings (SSSR count). The van der Waals surface area contributed by atoms with Crippen molar-refractivity contribution < 1.29 is 0 Å². The van der Waals surface area contributed by atoms with Crippen LogP contribution >= 0.6 is 24.0 Å². The third-order valence-corrected chi connectivity index (χ3v) is 4.20. The van der Waals surface area contributed by atoms with Crippen molar-refractivity contribution in [1.29, 1.82) is 0 Å². The van der Waals surface area contributed by atoms with Crippen molar-refractivity contribution in [3.05, 3.63) is 12.2 Å². The van der Waals surface area contributed by atoms with Crippen LogP contribution in [0.25, 0.3) is 0 Å². The number of nitrogens with one attached hydrogen (secondary N) is 2. The van der Waals surface area contributed by atoms with Gasteiger partial charge in [0.15, 0.2) is 5.96 Å². The van der Waals surface area contributed by atoms with Crippen LogP contribution in [-0.2, 0) is 13.6 Å². The molecule has 0 saturated carbocycles. The Morgan fingerprint density at radius 3 is 2.70 bits per heavy atom. The summed E-state index contributed by atoms with van der Waals surface area (Å²) < 4.78 is 1.77. The highest BCUT2D eigenvalue weighted by atomic mass is 127. The molecule has 1 fully saturated rings. The summed E-state index contributed by atoms with van der Waals surface area (Å²) in [6.45, 7) is 6.48.